The Labute approximate surface area is 245 Å². The molecule has 2 N–H and O–H groups in total. The minimum Gasteiger partial charge on any atom is -0.384 e. The van der Waals surface area contributed by atoms with Gasteiger partial charge in [0, 0.05) is 61.8 Å². The van der Waals surface area contributed by atoms with Crippen molar-refractivity contribution in [1.82, 2.24) is 39.5 Å². The number of nitriles is 1. The van der Waals surface area contributed by atoms with E-state index in [1.165, 1.54) is 18.7 Å². The molecule has 1 aliphatic carbocycles. The summed E-state index contributed by atoms with van der Waals surface area (Å²) in [6.45, 7) is 4.28. The Morgan fingerprint density at radius 2 is 1.93 bits per heavy atom. The second kappa shape index (κ2) is 10.4. The normalized spacial score (nSPS) is 21.5. The van der Waals surface area contributed by atoms with Crippen LogP contribution in [0.15, 0.2) is 43.0 Å². The molecule has 0 spiro atoms. The molecule has 1 aliphatic heterocycles. The lowest BCUT2D eigenvalue weighted by Crippen LogP contribution is -2.60. The third-order valence-corrected chi connectivity index (χ3v) is 8.42. The molecule has 14 heteroatoms. The van der Waals surface area contributed by atoms with Gasteiger partial charge in [-0.3, -0.25) is 14.4 Å². The third-order valence-electron chi connectivity index (χ3n) is 8.42. The number of halogens is 3. The van der Waals surface area contributed by atoms with Crippen molar-refractivity contribution in [1.29, 1.82) is 5.26 Å². The standard InChI is InChI=1S/C29H30F3N9O2/c1-27(2,43)23-13-22(37-26(38-23)29(30,31)32)25(42)40-11-9-39(10-12-40)19-14-28(15-19,5-6-33)41-17-18(16-36-41)20-3-7-34-24-21(20)4-8-35-24/h3-4,7-8,13,16-17,19,43H,5,9-12,14-15H2,1-2H3,(H,34,35)/t19-,28+. The molecule has 0 bridgehead atoms. The average molecular weight is 594 g/mol. The number of fused-ring (bicyclic) bond motifs is 1. The van der Waals surface area contributed by atoms with Gasteiger partial charge in [0.15, 0.2) is 0 Å². The first-order chi connectivity index (χ1) is 20.4. The van der Waals surface area contributed by atoms with E-state index in [-0.39, 0.29) is 11.7 Å². The van der Waals surface area contributed by atoms with E-state index in [9.17, 15) is 28.3 Å². The predicted molar refractivity (Wildman–Crippen MR) is 148 cm³/mol. The highest BCUT2D eigenvalue weighted by atomic mass is 19.4. The minimum atomic E-state index is -4.86. The number of rotatable bonds is 6. The fraction of sp³-hybridized carbons (Fsp3) is 0.448. The first-order valence-corrected chi connectivity index (χ1v) is 13.9. The minimum absolute atomic E-state index is 0.174. The summed E-state index contributed by atoms with van der Waals surface area (Å²) in [6.07, 6.45) is 4.22. The Morgan fingerprint density at radius 3 is 2.60 bits per heavy atom. The van der Waals surface area contributed by atoms with Crippen molar-refractivity contribution in [2.24, 2.45) is 0 Å². The molecule has 1 saturated carbocycles. The lowest BCUT2D eigenvalue weighted by Gasteiger charge is -2.52. The number of carbonyl (C=O) groups excluding carboxylic acids is 1. The molecule has 4 aromatic heterocycles. The molecule has 1 saturated heterocycles. The Morgan fingerprint density at radius 1 is 1.19 bits per heavy atom. The Kier molecular flexibility index (Phi) is 6.97. The summed E-state index contributed by atoms with van der Waals surface area (Å²) < 4.78 is 42.2. The zero-order chi connectivity index (χ0) is 30.6. The molecule has 11 nitrogen and oxygen atoms in total. The summed E-state index contributed by atoms with van der Waals surface area (Å²) in [5.41, 5.74) is -0.0751. The van der Waals surface area contributed by atoms with Crippen LogP contribution in [0.4, 0.5) is 13.2 Å². The highest BCUT2D eigenvalue weighted by Gasteiger charge is 2.49. The van der Waals surface area contributed by atoms with Crippen LogP contribution < -0.4 is 0 Å². The fourth-order valence-corrected chi connectivity index (χ4v) is 6.02. The molecule has 1 amide bonds. The largest absolute Gasteiger partial charge is 0.451 e. The van der Waals surface area contributed by atoms with Gasteiger partial charge in [0.1, 0.15) is 16.9 Å². The van der Waals surface area contributed by atoms with Crippen molar-refractivity contribution in [3.8, 4) is 17.2 Å². The van der Waals surface area contributed by atoms with Gasteiger partial charge in [-0.15, -0.1) is 0 Å². The molecular weight excluding hydrogens is 563 g/mol. The van der Waals surface area contributed by atoms with Crippen LogP contribution in [-0.2, 0) is 17.3 Å². The number of carbonyl (C=O) groups is 1. The van der Waals surface area contributed by atoms with Crippen LogP contribution in [-0.4, -0.2) is 82.8 Å². The second-order valence-electron chi connectivity index (χ2n) is 11.7. The van der Waals surface area contributed by atoms with Crippen LogP contribution in [0.3, 0.4) is 0 Å². The van der Waals surface area contributed by atoms with Gasteiger partial charge in [0.2, 0.25) is 5.82 Å². The molecular formula is C29H30F3N9O2. The molecule has 4 aromatic rings. The van der Waals surface area contributed by atoms with E-state index in [1.807, 2.05) is 29.2 Å². The highest BCUT2D eigenvalue weighted by molar-refractivity contribution is 5.93. The summed E-state index contributed by atoms with van der Waals surface area (Å²) in [7, 11) is 0. The summed E-state index contributed by atoms with van der Waals surface area (Å²) in [5, 5.41) is 25.5. The SMILES string of the molecule is CC(C)(O)c1cc(C(=O)N2CCN([C@H]3C[C@@](CC#N)(n4cc(-c5ccnc6[nH]ccc56)cn4)C3)CC2)nc(C(F)(F)F)n1. The Bertz CT molecular complexity index is 1670. The molecule has 0 atom stereocenters. The number of pyridine rings is 1. The lowest BCUT2D eigenvalue weighted by molar-refractivity contribution is -0.145. The number of aliphatic hydroxyl groups is 1. The highest BCUT2D eigenvalue weighted by Crippen LogP contribution is 2.45. The number of H-pyrrole nitrogens is 1. The number of aromatic nitrogens is 6. The zero-order valence-electron chi connectivity index (χ0n) is 23.6. The number of alkyl halides is 3. The molecule has 43 heavy (non-hydrogen) atoms. The third kappa shape index (κ3) is 5.34. The van der Waals surface area contributed by atoms with Crippen LogP contribution in [0.1, 0.15) is 55.1 Å². The summed E-state index contributed by atoms with van der Waals surface area (Å²) in [6, 6.07) is 7.53. The number of aromatic amines is 1. The van der Waals surface area contributed by atoms with Crippen LogP contribution in [0, 0.1) is 11.3 Å². The molecule has 0 radical (unpaired) electrons. The van der Waals surface area contributed by atoms with E-state index < -0.39 is 34.7 Å². The van der Waals surface area contributed by atoms with Gasteiger partial charge in [-0.2, -0.15) is 23.5 Å². The van der Waals surface area contributed by atoms with Crippen molar-refractivity contribution in [2.45, 2.75) is 56.5 Å². The van der Waals surface area contributed by atoms with Crippen molar-refractivity contribution >= 4 is 16.9 Å². The van der Waals surface area contributed by atoms with Gasteiger partial charge >= 0.3 is 6.18 Å². The van der Waals surface area contributed by atoms with Crippen molar-refractivity contribution < 1.29 is 23.1 Å². The van der Waals surface area contributed by atoms with Gasteiger partial charge in [0.25, 0.3) is 5.91 Å². The Balaban J connectivity index is 1.13. The van der Waals surface area contributed by atoms with E-state index in [1.54, 1.807) is 12.4 Å². The zero-order valence-corrected chi connectivity index (χ0v) is 23.6. The first-order valence-electron chi connectivity index (χ1n) is 13.9. The molecule has 224 valence electrons. The maximum Gasteiger partial charge on any atom is 0.451 e. The number of hydrogen-bond acceptors (Lipinski definition) is 8. The summed E-state index contributed by atoms with van der Waals surface area (Å²) in [5.74, 6) is -2.09. The number of nitrogens with one attached hydrogen (secondary N) is 1. The molecule has 2 fully saturated rings. The van der Waals surface area contributed by atoms with Crippen molar-refractivity contribution in [3.63, 3.8) is 0 Å². The van der Waals surface area contributed by atoms with E-state index in [4.69, 9.17) is 0 Å². The summed E-state index contributed by atoms with van der Waals surface area (Å²) in [4.78, 5) is 31.3. The van der Waals surface area contributed by atoms with Gasteiger partial charge in [0.05, 0.1) is 29.9 Å². The van der Waals surface area contributed by atoms with E-state index in [0.29, 0.717) is 45.4 Å². The Hall–Kier alpha value is -4.35. The average Bonchev–Trinajstić information content (AvgIpc) is 3.64. The molecule has 6 rings (SSSR count). The monoisotopic (exact) mass is 593 g/mol. The number of hydrogen-bond donors (Lipinski definition) is 2. The maximum absolute atomic E-state index is 13.4. The van der Waals surface area contributed by atoms with Gasteiger partial charge < -0.3 is 15.0 Å². The van der Waals surface area contributed by atoms with Crippen molar-refractivity contribution in [2.75, 3.05) is 26.2 Å². The van der Waals surface area contributed by atoms with Crippen LogP contribution in [0.25, 0.3) is 22.2 Å². The van der Waals surface area contributed by atoms with Gasteiger partial charge in [-0.05, 0) is 50.5 Å². The number of piperazine rings is 1. The van der Waals surface area contributed by atoms with Gasteiger partial charge in [-0.25, -0.2) is 15.0 Å². The smallest absolute Gasteiger partial charge is 0.384 e. The molecule has 2 aliphatic rings. The molecule has 0 aromatic carbocycles. The maximum atomic E-state index is 13.4. The first kappa shape index (κ1) is 28.8. The quantitative estimate of drug-likeness (QED) is 0.345. The second-order valence-corrected chi connectivity index (χ2v) is 11.7. The van der Waals surface area contributed by atoms with Gasteiger partial charge in [-0.1, -0.05) is 0 Å². The number of nitrogens with zero attached hydrogens (tertiary/aromatic N) is 8. The summed E-state index contributed by atoms with van der Waals surface area (Å²) >= 11 is 0. The van der Waals surface area contributed by atoms with Crippen LogP contribution in [0.5, 0.6) is 0 Å². The molecule has 5 heterocycles. The fourth-order valence-electron chi connectivity index (χ4n) is 6.02. The number of amides is 1. The van der Waals surface area contributed by atoms with E-state index >= 15 is 0 Å². The van der Waals surface area contributed by atoms with Crippen molar-refractivity contribution in [3.05, 3.63) is 60.2 Å². The van der Waals surface area contributed by atoms with Crippen LogP contribution in [0.2, 0.25) is 0 Å². The lowest BCUT2D eigenvalue weighted by atomic mass is 9.70. The van der Waals surface area contributed by atoms with Crippen LogP contribution >= 0.6 is 0 Å². The topological polar surface area (TPSA) is 140 Å². The van der Waals surface area contributed by atoms with E-state index in [0.717, 1.165) is 28.2 Å². The predicted octanol–water partition coefficient (Wildman–Crippen LogP) is 3.69. The van der Waals surface area contributed by atoms with E-state index in [2.05, 4.69) is 36.0 Å². The molecule has 0 unspecified atom stereocenters.